The summed E-state index contributed by atoms with van der Waals surface area (Å²) in [4.78, 5) is 66.5. The summed E-state index contributed by atoms with van der Waals surface area (Å²) < 4.78 is 0. The zero-order valence-corrected chi connectivity index (χ0v) is 21.0. The molecule has 0 aromatic heterocycles. The number of rotatable bonds is 9. The summed E-state index contributed by atoms with van der Waals surface area (Å²) in [6.45, 7) is 0. The van der Waals surface area contributed by atoms with Gasteiger partial charge in [-0.1, -0.05) is 24.3 Å². The maximum atomic E-state index is 12.7. The van der Waals surface area contributed by atoms with Crippen LogP contribution in [0.1, 0.15) is 20.7 Å². The van der Waals surface area contributed by atoms with E-state index in [0.29, 0.717) is 11.1 Å². The molecule has 0 heterocycles. The lowest BCUT2D eigenvalue weighted by molar-refractivity contribution is -0.393. The molecule has 0 saturated heterocycles. The van der Waals surface area contributed by atoms with E-state index in [1.165, 1.54) is 24.3 Å². The van der Waals surface area contributed by atoms with Crippen LogP contribution >= 0.6 is 0 Å². The Labute approximate surface area is 233 Å². The van der Waals surface area contributed by atoms with E-state index in [9.17, 15) is 50.0 Å². The summed E-state index contributed by atoms with van der Waals surface area (Å²) in [6.07, 6.45) is 0. The van der Waals surface area contributed by atoms with Crippen LogP contribution in [-0.4, -0.2) is 31.5 Å². The van der Waals surface area contributed by atoms with Crippen LogP contribution in [0.25, 0.3) is 11.1 Å². The van der Waals surface area contributed by atoms with Gasteiger partial charge in [0.2, 0.25) is 0 Å². The third kappa shape index (κ3) is 6.18. The molecule has 0 radical (unpaired) electrons. The Balaban J connectivity index is 1.46. The number of benzene rings is 4. The van der Waals surface area contributed by atoms with Crippen LogP contribution in [0.3, 0.4) is 0 Å². The number of hydrogen-bond acceptors (Lipinski definition) is 10. The Bertz CT molecular complexity index is 1640. The van der Waals surface area contributed by atoms with Crippen molar-refractivity contribution < 1.29 is 29.3 Å². The van der Waals surface area contributed by atoms with Gasteiger partial charge in [-0.25, -0.2) is 0 Å². The van der Waals surface area contributed by atoms with Crippen LogP contribution in [0.15, 0.2) is 84.9 Å². The van der Waals surface area contributed by atoms with Gasteiger partial charge in [0.15, 0.2) is 0 Å². The number of amides is 2. The molecule has 42 heavy (non-hydrogen) atoms. The van der Waals surface area contributed by atoms with E-state index in [0.717, 1.165) is 36.4 Å². The Morgan fingerprint density at radius 2 is 0.810 bits per heavy atom. The van der Waals surface area contributed by atoms with Crippen molar-refractivity contribution in [3.63, 3.8) is 0 Å². The van der Waals surface area contributed by atoms with Gasteiger partial charge >= 0.3 is 0 Å². The van der Waals surface area contributed by atoms with Crippen molar-refractivity contribution in [2.45, 2.75) is 0 Å². The highest BCUT2D eigenvalue weighted by molar-refractivity contribution is 6.06. The van der Waals surface area contributed by atoms with Crippen LogP contribution in [-0.2, 0) is 0 Å². The van der Waals surface area contributed by atoms with Crippen molar-refractivity contribution in [1.82, 2.24) is 0 Å². The van der Waals surface area contributed by atoms with Crippen molar-refractivity contribution >= 4 is 45.9 Å². The molecule has 16 nitrogen and oxygen atoms in total. The molecule has 0 atom stereocenters. The molecule has 0 aliphatic heterocycles. The Morgan fingerprint density at radius 1 is 0.476 bits per heavy atom. The minimum atomic E-state index is -0.844. The van der Waals surface area contributed by atoms with E-state index in [-0.39, 0.29) is 22.5 Å². The second-order valence-corrected chi connectivity index (χ2v) is 8.49. The number of carbonyl (C=O) groups is 2. The highest BCUT2D eigenvalue weighted by Gasteiger charge is 2.23. The molecule has 0 spiro atoms. The molecule has 0 aliphatic carbocycles. The normalized spacial score (nSPS) is 10.4. The van der Waals surface area contributed by atoms with Crippen LogP contribution in [0.4, 0.5) is 34.1 Å². The smallest absolute Gasteiger partial charge is 0.299 e. The quantitative estimate of drug-likeness (QED) is 0.189. The lowest BCUT2D eigenvalue weighted by atomic mass is 10.0. The van der Waals surface area contributed by atoms with E-state index < -0.39 is 54.3 Å². The summed E-state index contributed by atoms with van der Waals surface area (Å²) in [5, 5.41) is 49.2. The third-order valence-electron chi connectivity index (χ3n) is 5.90. The molecule has 4 rings (SSSR count). The van der Waals surface area contributed by atoms with Gasteiger partial charge in [0, 0.05) is 23.3 Å². The molecule has 0 unspecified atom stereocenters. The average Bonchev–Trinajstić information content (AvgIpc) is 2.97. The number of nitro benzene ring substituents is 4. The molecule has 2 N–H and O–H groups in total. The Kier molecular flexibility index (Phi) is 7.89. The average molecular weight is 572 g/mol. The standard InChI is InChI=1S/C26H16N6O10/c33-25(27-21-11-9-19(29(35)36)13-23(21)31(39)40)17-5-1-15(2-6-17)16-3-7-18(8-4-16)26(34)28-22-12-10-20(30(37)38)14-24(22)32(41)42/h1-14H,(H,27,33)(H,28,34). The molecular formula is C26H16N6O10. The van der Waals surface area contributed by atoms with Gasteiger partial charge in [-0.05, 0) is 47.5 Å². The molecule has 2 amide bonds. The minimum Gasteiger partial charge on any atom is -0.316 e. The summed E-state index contributed by atoms with van der Waals surface area (Å²) in [5.74, 6) is -1.38. The summed E-state index contributed by atoms with van der Waals surface area (Å²) >= 11 is 0. The van der Waals surface area contributed by atoms with Gasteiger partial charge in [0.25, 0.3) is 34.6 Å². The number of anilines is 2. The molecule has 4 aromatic carbocycles. The van der Waals surface area contributed by atoms with E-state index in [1.54, 1.807) is 24.3 Å². The van der Waals surface area contributed by atoms with Crippen molar-refractivity contribution in [3.8, 4) is 11.1 Å². The molecule has 210 valence electrons. The fourth-order valence-corrected chi connectivity index (χ4v) is 3.80. The third-order valence-corrected chi connectivity index (χ3v) is 5.90. The second kappa shape index (κ2) is 11.7. The molecule has 0 aliphatic rings. The second-order valence-electron chi connectivity index (χ2n) is 8.49. The van der Waals surface area contributed by atoms with Gasteiger partial charge in [-0.2, -0.15) is 0 Å². The number of hydrogen-bond donors (Lipinski definition) is 2. The summed E-state index contributed by atoms with van der Waals surface area (Å²) in [7, 11) is 0. The predicted octanol–water partition coefficient (Wildman–Crippen LogP) is 5.49. The maximum Gasteiger partial charge on any atom is 0.299 e. The summed E-state index contributed by atoms with van der Waals surface area (Å²) in [6, 6.07) is 17.9. The first-order valence-corrected chi connectivity index (χ1v) is 11.6. The number of non-ortho nitro benzene ring substituents is 2. The fraction of sp³-hybridized carbons (Fsp3) is 0. The monoisotopic (exact) mass is 572 g/mol. The predicted molar refractivity (Wildman–Crippen MR) is 147 cm³/mol. The zero-order chi connectivity index (χ0) is 30.6. The van der Waals surface area contributed by atoms with Gasteiger partial charge in [-0.15, -0.1) is 0 Å². The molecule has 0 saturated carbocycles. The first-order valence-electron chi connectivity index (χ1n) is 11.6. The molecule has 0 bridgehead atoms. The van der Waals surface area contributed by atoms with Crippen LogP contribution in [0.2, 0.25) is 0 Å². The largest absolute Gasteiger partial charge is 0.316 e. The van der Waals surface area contributed by atoms with Crippen molar-refractivity contribution in [2.75, 3.05) is 10.6 Å². The molecule has 4 aromatic rings. The minimum absolute atomic E-state index is 0.145. The van der Waals surface area contributed by atoms with E-state index in [4.69, 9.17) is 0 Å². The van der Waals surface area contributed by atoms with Crippen molar-refractivity contribution in [2.24, 2.45) is 0 Å². The first kappa shape index (κ1) is 28.4. The first-order chi connectivity index (χ1) is 19.9. The molecular weight excluding hydrogens is 556 g/mol. The number of nitrogens with zero attached hydrogens (tertiary/aromatic N) is 4. The topological polar surface area (TPSA) is 231 Å². The fourth-order valence-electron chi connectivity index (χ4n) is 3.80. The van der Waals surface area contributed by atoms with Crippen molar-refractivity contribution in [1.29, 1.82) is 0 Å². The Hall–Kier alpha value is -6.58. The van der Waals surface area contributed by atoms with Gasteiger partial charge < -0.3 is 10.6 Å². The van der Waals surface area contributed by atoms with Crippen molar-refractivity contribution in [3.05, 3.63) is 137 Å². The lowest BCUT2D eigenvalue weighted by Crippen LogP contribution is -2.13. The van der Waals surface area contributed by atoms with E-state index >= 15 is 0 Å². The SMILES string of the molecule is O=C(Nc1ccc([N+](=O)[O-])cc1[N+](=O)[O-])c1ccc(-c2ccc(C(=O)Nc3ccc([N+](=O)[O-])cc3[N+](=O)[O-])cc2)cc1. The van der Waals surface area contributed by atoms with Crippen LogP contribution < -0.4 is 10.6 Å². The highest BCUT2D eigenvalue weighted by Crippen LogP contribution is 2.31. The maximum absolute atomic E-state index is 12.7. The number of carbonyl (C=O) groups excluding carboxylic acids is 2. The van der Waals surface area contributed by atoms with E-state index in [2.05, 4.69) is 10.6 Å². The zero-order valence-electron chi connectivity index (χ0n) is 21.0. The Morgan fingerprint density at radius 3 is 1.10 bits per heavy atom. The lowest BCUT2D eigenvalue weighted by Gasteiger charge is -2.09. The van der Waals surface area contributed by atoms with Crippen LogP contribution in [0.5, 0.6) is 0 Å². The van der Waals surface area contributed by atoms with E-state index in [1.807, 2.05) is 0 Å². The number of nitro groups is 4. The van der Waals surface area contributed by atoms with Crippen LogP contribution in [0, 0.1) is 40.5 Å². The summed E-state index contributed by atoms with van der Waals surface area (Å²) in [5.41, 5.74) is -1.13. The van der Waals surface area contributed by atoms with Gasteiger partial charge in [0.1, 0.15) is 11.4 Å². The van der Waals surface area contributed by atoms with Gasteiger partial charge in [-0.3, -0.25) is 50.0 Å². The van der Waals surface area contributed by atoms with Gasteiger partial charge in [0.05, 0.1) is 31.8 Å². The molecule has 16 heteroatoms. The highest BCUT2D eigenvalue weighted by atomic mass is 16.6. The molecule has 0 fully saturated rings. The number of nitrogens with one attached hydrogen (secondary N) is 2.